The van der Waals surface area contributed by atoms with Crippen LogP contribution in [0.25, 0.3) is 0 Å². The third kappa shape index (κ3) is 4.34. The van der Waals surface area contributed by atoms with Gasteiger partial charge >= 0.3 is 0 Å². The molecule has 1 heterocycles. The van der Waals surface area contributed by atoms with Gasteiger partial charge in [0.2, 0.25) is 5.88 Å². The highest BCUT2D eigenvalue weighted by molar-refractivity contribution is 5.85. The van der Waals surface area contributed by atoms with Gasteiger partial charge < -0.3 is 10.5 Å². The lowest BCUT2D eigenvalue weighted by Crippen LogP contribution is -2.09. The van der Waals surface area contributed by atoms with E-state index in [1.165, 1.54) is 6.07 Å². The molecule has 3 nitrogen and oxygen atoms in total. The van der Waals surface area contributed by atoms with Gasteiger partial charge in [0.15, 0.2) is 6.61 Å². The molecule has 0 atom stereocenters. The lowest BCUT2D eigenvalue weighted by Gasteiger charge is -2.04. The van der Waals surface area contributed by atoms with Gasteiger partial charge in [0.25, 0.3) is 6.43 Å². The predicted octanol–water partition coefficient (Wildman–Crippen LogP) is 1.61. The van der Waals surface area contributed by atoms with Crippen LogP contribution in [-0.2, 0) is 6.54 Å². The zero-order valence-electron chi connectivity index (χ0n) is 7.32. The first-order chi connectivity index (χ1) is 6.22. The summed E-state index contributed by atoms with van der Waals surface area (Å²) in [5.74, 6) is 0.184. The van der Waals surface area contributed by atoms with Gasteiger partial charge in [-0.25, -0.2) is 13.8 Å². The maximum absolute atomic E-state index is 11.7. The quantitative estimate of drug-likeness (QED) is 0.845. The van der Waals surface area contributed by atoms with Gasteiger partial charge in [0, 0.05) is 12.6 Å². The van der Waals surface area contributed by atoms with Crippen molar-refractivity contribution in [2.45, 2.75) is 13.0 Å². The number of hydrogen-bond donors (Lipinski definition) is 1. The Labute approximate surface area is 86.7 Å². The lowest BCUT2D eigenvalue weighted by molar-refractivity contribution is 0.0795. The highest BCUT2D eigenvalue weighted by atomic mass is 35.5. The standard InChI is InChI=1S/C8H10F2N2O.ClH/c9-7(10)5-13-8-3-1-2-6(4-11)12-8;/h1-3,7H,4-5,11H2;1H. The fourth-order valence-corrected chi connectivity index (χ4v) is 0.800. The van der Waals surface area contributed by atoms with Crippen molar-refractivity contribution in [2.24, 2.45) is 5.73 Å². The van der Waals surface area contributed by atoms with Crippen LogP contribution >= 0.6 is 12.4 Å². The third-order valence-corrected chi connectivity index (χ3v) is 1.35. The number of pyridine rings is 1. The molecule has 1 aromatic heterocycles. The van der Waals surface area contributed by atoms with Crippen LogP contribution in [0, 0.1) is 0 Å². The van der Waals surface area contributed by atoms with E-state index >= 15 is 0 Å². The van der Waals surface area contributed by atoms with Crippen LogP contribution in [0.3, 0.4) is 0 Å². The van der Waals surface area contributed by atoms with Crippen LogP contribution in [0.2, 0.25) is 0 Å². The summed E-state index contributed by atoms with van der Waals surface area (Å²) in [4.78, 5) is 3.88. The average Bonchev–Trinajstić information content (AvgIpc) is 2.15. The molecule has 0 saturated carbocycles. The van der Waals surface area contributed by atoms with Crippen molar-refractivity contribution in [1.29, 1.82) is 0 Å². The lowest BCUT2D eigenvalue weighted by atomic mass is 10.3. The molecule has 0 unspecified atom stereocenters. The number of nitrogens with two attached hydrogens (primary N) is 1. The molecular weight excluding hydrogens is 214 g/mol. The van der Waals surface area contributed by atoms with E-state index in [9.17, 15) is 8.78 Å². The first kappa shape index (κ1) is 13.1. The summed E-state index contributed by atoms with van der Waals surface area (Å²) in [6.45, 7) is -0.368. The van der Waals surface area contributed by atoms with Crippen LogP contribution in [-0.4, -0.2) is 18.0 Å². The number of aromatic nitrogens is 1. The highest BCUT2D eigenvalue weighted by Crippen LogP contribution is 2.08. The molecular formula is C8H11ClF2N2O. The first-order valence-corrected chi connectivity index (χ1v) is 3.79. The second-order valence-corrected chi connectivity index (χ2v) is 2.37. The Morgan fingerprint density at radius 1 is 1.43 bits per heavy atom. The van der Waals surface area contributed by atoms with Crippen molar-refractivity contribution in [1.82, 2.24) is 4.98 Å². The van der Waals surface area contributed by atoms with E-state index in [1.807, 2.05) is 0 Å². The number of nitrogens with zero attached hydrogens (tertiary/aromatic N) is 1. The molecule has 1 aromatic rings. The maximum Gasteiger partial charge on any atom is 0.272 e. The summed E-state index contributed by atoms with van der Waals surface area (Å²) in [5.41, 5.74) is 5.93. The Balaban J connectivity index is 0.00000169. The molecule has 0 aromatic carbocycles. The first-order valence-electron chi connectivity index (χ1n) is 3.79. The zero-order chi connectivity index (χ0) is 9.68. The third-order valence-electron chi connectivity index (χ3n) is 1.35. The largest absolute Gasteiger partial charge is 0.472 e. The Hall–Kier alpha value is -0.940. The monoisotopic (exact) mass is 224 g/mol. The van der Waals surface area contributed by atoms with E-state index in [-0.39, 0.29) is 24.8 Å². The van der Waals surface area contributed by atoms with E-state index in [0.29, 0.717) is 5.69 Å². The van der Waals surface area contributed by atoms with Crippen molar-refractivity contribution < 1.29 is 13.5 Å². The predicted molar refractivity (Wildman–Crippen MR) is 50.9 cm³/mol. The molecule has 0 spiro atoms. The van der Waals surface area contributed by atoms with E-state index in [4.69, 9.17) is 10.5 Å². The average molecular weight is 225 g/mol. The molecule has 0 aliphatic heterocycles. The van der Waals surface area contributed by atoms with Gasteiger partial charge in [-0.3, -0.25) is 0 Å². The van der Waals surface area contributed by atoms with Crippen molar-refractivity contribution in [3.63, 3.8) is 0 Å². The summed E-state index contributed by atoms with van der Waals surface area (Å²) in [6.07, 6.45) is -2.48. The SMILES string of the molecule is Cl.NCc1cccc(OCC(F)F)n1. The molecule has 0 saturated heterocycles. The number of ether oxygens (including phenoxy) is 1. The molecule has 0 bridgehead atoms. The molecule has 0 amide bonds. The topological polar surface area (TPSA) is 48.1 Å². The van der Waals surface area contributed by atoms with Gasteiger partial charge in [-0.1, -0.05) is 6.07 Å². The highest BCUT2D eigenvalue weighted by Gasteiger charge is 2.04. The molecule has 0 fully saturated rings. The van der Waals surface area contributed by atoms with Crippen LogP contribution < -0.4 is 10.5 Å². The van der Waals surface area contributed by atoms with Crippen LogP contribution in [0.4, 0.5) is 8.78 Å². The van der Waals surface area contributed by atoms with Gasteiger partial charge in [-0.05, 0) is 6.07 Å². The van der Waals surface area contributed by atoms with Crippen LogP contribution in [0.15, 0.2) is 18.2 Å². The van der Waals surface area contributed by atoms with Gasteiger partial charge in [-0.15, -0.1) is 12.4 Å². The maximum atomic E-state index is 11.7. The Kier molecular flexibility index (Phi) is 6.07. The number of alkyl halides is 2. The molecule has 0 aliphatic rings. The normalized spacial score (nSPS) is 9.71. The Morgan fingerprint density at radius 3 is 2.71 bits per heavy atom. The minimum absolute atomic E-state index is 0. The second-order valence-electron chi connectivity index (χ2n) is 2.37. The summed E-state index contributed by atoms with van der Waals surface area (Å²) in [7, 11) is 0. The molecule has 1 rings (SSSR count). The second kappa shape index (κ2) is 6.50. The van der Waals surface area contributed by atoms with Gasteiger partial charge in [0.1, 0.15) is 0 Å². The van der Waals surface area contributed by atoms with E-state index < -0.39 is 13.0 Å². The van der Waals surface area contributed by atoms with Crippen LogP contribution in [0.1, 0.15) is 5.69 Å². The molecule has 2 N–H and O–H groups in total. The molecule has 80 valence electrons. The molecule has 0 radical (unpaired) electrons. The smallest absolute Gasteiger partial charge is 0.272 e. The summed E-state index contributed by atoms with van der Waals surface area (Å²) >= 11 is 0. The fraction of sp³-hybridized carbons (Fsp3) is 0.375. The van der Waals surface area contributed by atoms with Crippen molar-refractivity contribution in [2.75, 3.05) is 6.61 Å². The van der Waals surface area contributed by atoms with E-state index in [2.05, 4.69) is 4.98 Å². The Morgan fingerprint density at radius 2 is 2.14 bits per heavy atom. The van der Waals surface area contributed by atoms with Gasteiger partial charge in [-0.2, -0.15) is 0 Å². The number of hydrogen-bond acceptors (Lipinski definition) is 3. The van der Waals surface area contributed by atoms with Crippen molar-refractivity contribution >= 4 is 12.4 Å². The van der Waals surface area contributed by atoms with E-state index in [1.54, 1.807) is 12.1 Å². The summed E-state index contributed by atoms with van der Waals surface area (Å²) in [6, 6.07) is 4.88. The molecule has 14 heavy (non-hydrogen) atoms. The summed E-state index contributed by atoms with van der Waals surface area (Å²) in [5, 5.41) is 0. The van der Waals surface area contributed by atoms with Crippen molar-refractivity contribution in [3.8, 4) is 5.88 Å². The summed E-state index contributed by atoms with van der Waals surface area (Å²) < 4.78 is 28.1. The number of halogens is 3. The molecule has 0 aliphatic carbocycles. The number of rotatable bonds is 4. The van der Waals surface area contributed by atoms with Gasteiger partial charge in [0.05, 0.1) is 5.69 Å². The Bertz CT molecular complexity index is 273. The minimum atomic E-state index is -2.48. The minimum Gasteiger partial charge on any atom is -0.472 e. The van der Waals surface area contributed by atoms with E-state index in [0.717, 1.165) is 0 Å². The molecule has 6 heteroatoms. The zero-order valence-corrected chi connectivity index (χ0v) is 8.14. The van der Waals surface area contributed by atoms with Crippen molar-refractivity contribution in [3.05, 3.63) is 23.9 Å². The fourth-order valence-electron chi connectivity index (χ4n) is 0.800. The van der Waals surface area contributed by atoms with Crippen LogP contribution in [0.5, 0.6) is 5.88 Å².